The molecular formula is C14H21BrN4O. The molecule has 1 aliphatic heterocycles. The van der Waals surface area contributed by atoms with Gasteiger partial charge in [0.1, 0.15) is 5.82 Å². The van der Waals surface area contributed by atoms with Crippen LogP contribution in [0.2, 0.25) is 0 Å². The Bertz CT molecular complexity index is 472. The fourth-order valence-electron chi connectivity index (χ4n) is 2.47. The highest BCUT2D eigenvalue weighted by atomic mass is 79.9. The number of nitrogens with zero attached hydrogens (tertiary/aromatic N) is 2. The minimum atomic E-state index is -0.149. The van der Waals surface area contributed by atoms with Crippen LogP contribution in [0.4, 0.5) is 5.82 Å². The largest absolute Gasteiger partial charge is 0.383 e. The number of amides is 1. The molecule has 1 aromatic heterocycles. The number of piperidine rings is 1. The smallest absolute Gasteiger partial charge is 0.255 e. The molecule has 0 unspecified atom stereocenters. The van der Waals surface area contributed by atoms with Gasteiger partial charge in [-0.05, 0) is 67.3 Å². The summed E-state index contributed by atoms with van der Waals surface area (Å²) in [7, 11) is 2.15. The zero-order chi connectivity index (χ0) is 14.5. The highest BCUT2D eigenvalue weighted by molar-refractivity contribution is 9.10. The lowest BCUT2D eigenvalue weighted by atomic mass is 9.94. The van der Waals surface area contributed by atoms with Crippen LogP contribution in [-0.2, 0) is 0 Å². The SMILES string of the molecule is CN1CCC(CCNC(=O)c2cc(Br)cnc2N)CC1. The van der Waals surface area contributed by atoms with Crippen molar-refractivity contribution in [3.63, 3.8) is 0 Å². The van der Waals surface area contributed by atoms with Gasteiger partial charge in [-0.2, -0.15) is 0 Å². The zero-order valence-corrected chi connectivity index (χ0v) is 13.3. The van der Waals surface area contributed by atoms with Crippen LogP contribution in [0.3, 0.4) is 0 Å². The molecule has 0 aliphatic carbocycles. The molecule has 1 saturated heterocycles. The Kier molecular flexibility index (Phi) is 5.37. The summed E-state index contributed by atoms with van der Waals surface area (Å²) >= 11 is 3.30. The van der Waals surface area contributed by atoms with Gasteiger partial charge < -0.3 is 16.0 Å². The molecule has 110 valence electrons. The molecule has 20 heavy (non-hydrogen) atoms. The van der Waals surface area contributed by atoms with Gasteiger partial charge in [-0.25, -0.2) is 4.98 Å². The van der Waals surface area contributed by atoms with Crippen LogP contribution in [0.5, 0.6) is 0 Å². The minimum absolute atomic E-state index is 0.149. The number of anilines is 1. The number of rotatable bonds is 4. The molecule has 6 heteroatoms. The van der Waals surface area contributed by atoms with E-state index >= 15 is 0 Å². The van der Waals surface area contributed by atoms with E-state index in [2.05, 4.69) is 38.2 Å². The van der Waals surface area contributed by atoms with Gasteiger partial charge in [0, 0.05) is 17.2 Å². The molecule has 5 nitrogen and oxygen atoms in total. The molecule has 1 aliphatic rings. The summed E-state index contributed by atoms with van der Waals surface area (Å²) in [5.74, 6) is 0.832. The van der Waals surface area contributed by atoms with Crippen LogP contribution in [0, 0.1) is 5.92 Å². The third-order valence-electron chi connectivity index (χ3n) is 3.81. The molecule has 2 heterocycles. The van der Waals surface area contributed by atoms with E-state index in [9.17, 15) is 4.79 Å². The number of hydrogen-bond donors (Lipinski definition) is 2. The van der Waals surface area contributed by atoms with E-state index in [0.29, 0.717) is 18.0 Å². The lowest BCUT2D eigenvalue weighted by molar-refractivity contribution is 0.0949. The molecule has 0 saturated carbocycles. The van der Waals surface area contributed by atoms with E-state index < -0.39 is 0 Å². The molecule has 1 aromatic rings. The number of pyridine rings is 1. The van der Waals surface area contributed by atoms with Crippen molar-refractivity contribution < 1.29 is 4.79 Å². The maximum absolute atomic E-state index is 12.1. The van der Waals surface area contributed by atoms with Crippen LogP contribution in [-0.4, -0.2) is 42.5 Å². The number of carbonyl (C=O) groups is 1. The summed E-state index contributed by atoms with van der Waals surface area (Å²) in [4.78, 5) is 18.4. The third kappa shape index (κ3) is 4.18. The Balaban J connectivity index is 1.79. The first kappa shape index (κ1) is 15.3. The summed E-state index contributed by atoms with van der Waals surface area (Å²) in [6.45, 7) is 3.00. The Morgan fingerprint density at radius 1 is 1.55 bits per heavy atom. The van der Waals surface area contributed by atoms with Gasteiger partial charge in [0.15, 0.2) is 0 Å². The lowest BCUT2D eigenvalue weighted by Crippen LogP contribution is -2.33. The summed E-state index contributed by atoms with van der Waals surface area (Å²) in [6.07, 6.45) is 5.05. The van der Waals surface area contributed by atoms with Gasteiger partial charge in [0.05, 0.1) is 5.56 Å². The van der Waals surface area contributed by atoms with Crippen molar-refractivity contribution >= 4 is 27.7 Å². The van der Waals surface area contributed by atoms with E-state index in [1.807, 2.05) is 0 Å². The monoisotopic (exact) mass is 340 g/mol. The summed E-state index contributed by atoms with van der Waals surface area (Å²) in [5.41, 5.74) is 6.15. The number of aromatic nitrogens is 1. The number of carbonyl (C=O) groups excluding carboxylic acids is 1. The number of nitrogen functional groups attached to an aromatic ring is 1. The topological polar surface area (TPSA) is 71.2 Å². The molecule has 3 N–H and O–H groups in total. The van der Waals surface area contributed by atoms with Crippen LogP contribution in [0.25, 0.3) is 0 Å². The summed E-state index contributed by atoms with van der Waals surface area (Å²) in [5, 5.41) is 2.93. The van der Waals surface area contributed by atoms with E-state index in [1.54, 1.807) is 12.3 Å². The Hall–Kier alpha value is -1.14. The van der Waals surface area contributed by atoms with Gasteiger partial charge in [0.25, 0.3) is 5.91 Å². The van der Waals surface area contributed by atoms with Crippen LogP contribution >= 0.6 is 15.9 Å². The minimum Gasteiger partial charge on any atom is -0.383 e. The molecule has 0 radical (unpaired) electrons. The summed E-state index contributed by atoms with van der Waals surface area (Å²) in [6, 6.07) is 1.70. The predicted octanol–water partition coefficient (Wildman–Crippen LogP) is 1.89. The predicted molar refractivity (Wildman–Crippen MR) is 83.5 cm³/mol. The van der Waals surface area contributed by atoms with Crippen LogP contribution < -0.4 is 11.1 Å². The molecule has 2 rings (SSSR count). The zero-order valence-electron chi connectivity index (χ0n) is 11.7. The van der Waals surface area contributed by atoms with Gasteiger partial charge in [0.2, 0.25) is 0 Å². The van der Waals surface area contributed by atoms with E-state index in [4.69, 9.17) is 5.73 Å². The molecule has 0 aromatic carbocycles. The first-order chi connectivity index (χ1) is 9.56. The number of likely N-dealkylation sites (tertiary alicyclic amines) is 1. The molecule has 1 amide bonds. The van der Waals surface area contributed by atoms with Crippen molar-refractivity contribution in [2.24, 2.45) is 5.92 Å². The number of nitrogens with one attached hydrogen (secondary N) is 1. The fraction of sp³-hybridized carbons (Fsp3) is 0.571. The average molecular weight is 341 g/mol. The number of halogens is 1. The molecular weight excluding hydrogens is 320 g/mol. The van der Waals surface area contributed by atoms with Crippen molar-refractivity contribution in [3.8, 4) is 0 Å². The molecule has 0 bridgehead atoms. The van der Waals surface area contributed by atoms with Crippen LogP contribution in [0.15, 0.2) is 16.7 Å². The second-order valence-electron chi connectivity index (χ2n) is 5.38. The van der Waals surface area contributed by atoms with Crippen molar-refractivity contribution in [2.75, 3.05) is 32.4 Å². The Morgan fingerprint density at radius 3 is 2.95 bits per heavy atom. The van der Waals surface area contributed by atoms with Crippen molar-refractivity contribution in [2.45, 2.75) is 19.3 Å². The van der Waals surface area contributed by atoms with Crippen molar-refractivity contribution in [3.05, 3.63) is 22.3 Å². The van der Waals surface area contributed by atoms with Crippen molar-refractivity contribution in [1.82, 2.24) is 15.2 Å². The second-order valence-corrected chi connectivity index (χ2v) is 6.29. The Labute approximate surface area is 128 Å². The number of nitrogens with two attached hydrogens (primary N) is 1. The third-order valence-corrected chi connectivity index (χ3v) is 4.24. The maximum Gasteiger partial charge on any atom is 0.255 e. The second kappa shape index (κ2) is 7.04. The lowest BCUT2D eigenvalue weighted by Gasteiger charge is -2.28. The average Bonchev–Trinajstić information content (AvgIpc) is 2.43. The normalized spacial score (nSPS) is 17.1. The standard InChI is InChI=1S/C14H21BrN4O/c1-19-6-3-10(4-7-19)2-5-17-14(20)12-8-11(15)9-18-13(12)16/h8-10H,2-7H2,1H3,(H2,16,18)(H,17,20). The van der Waals surface area contributed by atoms with Gasteiger partial charge in [-0.15, -0.1) is 0 Å². The quantitative estimate of drug-likeness (QED) is 0.877. The van der Waals surface area contributed by atoms with Gasteiger partial charge in [-0.1, -0.05) is 0 Å². The highest BCUT2D eigenvalue weighted by Crippen LogP contribution is 2.19. The highest BCUT2D eigenvalue weighted by Gasteiger charge is 2.17. The number of hydrogen-bond acceptors (Lipinski definition) is 4. The van der Waals surface area contributed by atoms with E-state index in [1.165, 1.54) is 12.8 Å². The fourth-order valence-corrected chi connectivity index (χ4v) is 2.80. The molecule has 1 fully saturated rings. The van der Waals surface area contributed by atoms with Crippen molar-refractivity contribution in [1.29, 1.82) is 0 Å². The maximum atomic E-state index is 12.1. The van der Waals surface area contributed by atoms with E-state index in [0.717, 1.165) is 24.0 Å². The Morgan fingerprint density at radius 2 is 2.25 bits per heavy atom. The van der Waals surface area contributed by atoms with Crippen LogP contribution in [0.1, 0.15) is 29.6 Å². The van der Waals surface area contributed by atoms with E-state index in [-0.39, 0.29) is 11.7 Å². The summed E-state index contributed by atoms with van der Waals surface area (Å²) < 4.78 is 0.757. The van der Waals surface area contributed by atoms with Gasteiger partial charge >= 0.3 is 0 Å². The first-order valence-corrected chi connectivity index (χ1v) is 7.73. The molecule has 0 atom stereocenters. The molecule has 0 spiro atoms. The first-order valence-electron chi connectivity index (χ1n) is 6.94. The van der Waals surface area contributed by atoms with Gasteiger partial charge in [-0.3, -0.25) is 4.79 Å².